The molecule has 1 fully saturated rings. The lowest BCUT2D eigenvalue weighted by Gasteiger charge is -2.30. The van der Waals surface area contributed by atoms with Crippen LogP contribution < -0.4 is 0 Å². The molecule has 2 aliphatic heterocycles. The Labute approximate surface area is 129 Å². The van der Waals surface area contributed by atoms with Crippen molar-refractivity contribution in [3.8, 4) is 0 Å². The second kappa shape index (κ2) is 5.26. The Morgan fingerprint density at radius 3 is 1.96 bits per heavy atom. The average molecular weight is 335 g/mol. The lowest BCUT2D eigenvalue weighted by atomic mass is 9.92. The van der Waals surface area contributed by atoms with Gasteiger partial charge >= 0.3 is 12.4 Å². The summed E-state index contributed by atoms with van der Waals surface area (Å²) in [6.07, 6.45) is -5.53. The van der Waals surface area contributed by atoms with Crippen LogP contribution in [0.25, 0.3) is 5.57 Å². The van der Waals surface area contributed by atoms with E-state index >= 15 is 0 Å². The van der Waals surface area contributed by atoms with E-state index in [1.165, 1.54) is 0 Å². The van der Waals surface area contributed by atoms with E-state index in [1.54, 1.807) is 6.08 Å². The normalized spacial score (nSPS) is 25.6. The summed E-state index contributed by atoms with van der Waals surface area (Å²) in [5.74, 6) is 0. The summed E-state index contributed by atoms with van der Waals surface area (Å²) in [5.41, 5.74) is -1.91. The number of nitrogens with zero attached hydrogens (tertiary/aromatic N) is 1. The topological polar surface area (TPSA) is 3.24 Å². The number of hydrogen-bond acceptors (Lipinski definition) is 1. The number of benzene rings is 1. The van der Waals surface area contributed by atoms with Gasteiger partial charge < -0.3 is 0 Å². The van der Waals surface area contributed by atoms with Gasteiger partial charge in [0.15, 0.2) is 0 Å². The fraction of sp³-hybridized carbons (Fsp3) is 0.500. The van der Waals surface area contributed by atoms with Gasteiger partial charge in [0.05, 0.1) is 11.1 Å². The van der Waals surface area contributed by atoms with Gasteiger partial charge in [-0.15, -0.1) is 0 Å². The van der Waals surface area contributed by atoms with Crippen molar-refractivity contribution in [3.63, 3.8) is 0 Å². The second-order valence-corrected chi connectivity index (χ2v) is 6.15. The highest BCUT2D eigenvalue weighted by Crippen LogP contribution is 2.41. The molecular weight excluding hydrogens is 320 g/mol. The third-order valence-corrected chi connectivity index (χ3v) is 4.70. The van der Waals surface area contributed by atoms with Gasteiger partial charge in [-0.1, -0.05) is 6.08 Å². The molecule has 1 saturated heterocycles. The Morgan fingerprint density at radius 2 is 1.48 bits per heavy atom. The summed E-state index contributed by atoms with van der Waals surface area (Å²) in [5, 5.41) is 0. The van der Waals surface area contributed by atoms with E-state index in [2.05, 4.69) is 4.90 Å². The van der Waals surface area contributed by atoms with Crippen molar-refractivity contribution in [3.05, 3.63) is 41.0 Å². The summed E-state index contributed by atoms with van der Waals surface area (Å²) < 4.78 is 77.6. The molecule has 126 valence electrons. The van der Waals surface area contributed by atoms with Gasteiger partial charge in [0.25, 0.3) is 0 Å². The minimum atomic E-state index is -4.80. The van der Waals surface area contributed by atoms with Crippen molar-refractivity contribution in [2.45, 2.75) is 43.7 Å². The van der Waals surface area contributed by atoms with Crippen LogP contribution in [0.15, 0.2) is 24.3 Å². The van der Waals surface area contributed by atoms with Crippen molar-refractivity contribution in [1.29, 1.82) is 0 Å². The predicted molar refractivity (Wildman–Crippen MR) is 73.6 cm³/mol. The zero-order chi connectivity index (χ0) is 17.0. The Bertz CT molecular complexity index is 611. The van der Waals surface area contributed by atoms with Gasteiger partial charge in [-0.3, -0.25) is 4.90 Å². The first-order valence-corrected chi connectivity index (χ1v) is 7.28. The molecule has 0 radical (unpaired) electrons. The summed E-state index contributed by atoms with van der Waals surface area (Å²) in [6.45, 7) is 0. The van der Waals surface area contributed by atoms with Crippen LogP contribution in [-0.2, 0) is 12.4 Å². The van der Waals surface area contributed by atoms with Crippen LogP contribution in [0.3, 0.4) is 0 Å². The number of rotatable bonds is 1. The summed E-state index contributed by atoms with van der Waals surface area (Å²) >= 11 is 0. The monoisotopic (exact) mass is 335 g/mol. The van der Waals surface area contributed by atoms with Crippen molar-refractivity contribution >= 4 is 5.57 Å². The van der Waals surface area contributed by atoms with Gasteiger partial charge in [0.2, 0.25) is 0 Å². The van der Waals surface area contributed by atoms with Crippen molar-refractivity contribution in [2.75, 3.05) is 7.05 Å². The van der Waals surface area contributed by atoms with Crippen molar-refractivity contribution < 1.29 is 26.3 Å². The Morgan fingerprint density at radius 1 is 0.913 bits per heavy atom. The first-order chi connectivity index (χ1) is 10.6. The third kappa shape index (κ3) is 3.11. The van der Waals surface area contributed by atoms with Crippen LogP contribution in [0.2, 0.25) is 0 Å². The van der Waals surface area contributed by atoms with Crippen LogP contribution >= 0.6 is 0 Å². The van der Waals surface area contributed by atoms with Gasteiger partial charge in [0.1, 0.15) is 0 Å². The second-order valence-electron chi connectivity index (χ2n) is 6.15. The molecule has 2 aliphatic rings. The maximum atomic E-state index is 12.9. The molecule has 0 amide bonds. The molecule has 0 saturated carbocycles. The van der Waals surface area contributed by atoms with Gasteiger partial charge in [-0.25, -0.2) is 0 Å². The zero-order valence-electron chi connectivity index (χ0n) is 12.3. The highest BCUT2D eigenvalue weighted by molar-refractivity contribution is 5.69. The number of fused-ring (bicyclic) bond motifs is 2. The molecule has 7 heteroatoms. The first-order valence-electron chi connectivity index (χ1n) is 7.28. The van der Waals surface area contributed by atoms with Crippen molar-refractivity contribution in [2.24, 2.45) is 0 Å². The molecule has 0 aliphatic carbocycles. The molecule has 2 heterocycles. The Kier molecular flexibility index (Phi) is 3.74. The third-order valence-electron chi connectivity index (χ3n) is 4.70. The highest BCUT2D eigenvalue weighted by atomic mass is 19.4. The van der Waals surface area contributed by atoms with Crippen LogP contribution in [-0.4, -0.2) is 24.0 Å². The fourth-order valence-electron chi connectivity index (χ4n) is 3.40. The highest BCUT2D eigenvalue weighted by Gasteiger charge is 2.39. The largest absolute Gasteiger partial charge is 0.416 e. The Hall–Kier alpha value is -1.50. The molecule has 1 aromatic carbocycles. The Balaban J connectivity index is 2.07. The van der Waals surface area contributed by atoms with Gasteiger partial charge in [-0.2, -0.15) is 26.3 Å². The minimum Gasteiger partial charge on any atom is -0.297 e. The molecule has 0 N–H and O–H groups in total. The molecule has 0 aromatic heterocycles. The molecule has 1 aromatic rings. The minimum absolute atomic E-state index is 0.0251. The quantitative estimate of drug-likeness (QED) is 0.655. The van der Waals surface area contributed by atoms with E-state index < -0.39 is 23.5 Å². The summed E-state index contributed by atoms with van der Waals surface area (Å²) in [7, 11) is 1.93. The average Bonchev–Trinajstić information content (AvgIpc) is 2.67. The number of likely N-dealkylation sites (N-methyl/N-ethyl adjacent to an activating group) is 1. The van der Waals surface area contributed by atoms with Crippen LogP contribution in [0.5, 0.6) is 0 Å². The van der Waals surface area contributed by atoms with E-state index in [4.69, 9.17) is 0 Å². The van der Waals surface area contributed by atoms with Gasteiger partial charge in [-0.05, 0) is 55.6 Å². The summed E-state index contributed by atoms with van der Waals surface area (Å²) in [4.78, 5) is 2.13. The van der Waals surface area contributed by atoms with Crippen LogP contribution in [0, 0.1) is 0 Å². The van der Waals surface area contributed by atoms with E-state index in [9.17, 15) is 26.3 Å². The SMILES string of the molecule is CN1C2C=C(c3cc(C(F)(F)F)cc(C(F)(F)F)c3)CC1CC2. The number of halogens is 6. The van der Waals surface area contributed by atoms with Crippen LogP contribution in [0.4, 0.5) is 26.3 Å². The van der Waals surface area contributed by atoms with E-state index in [0.717, 1.165) is 25.0 Å². The predicted octanol–water partition coefficient (Wildman–Crippen LogP) is 4.97. The van der Waals surface area contributed by atoms with Gasteiger partial charge in [0, 0.05) is 12.1 Å². The molecule has 2 unspecified atom stereocenters. The molecule has 2 bridgehead atoms. The smallest absolute Gasteiger partial charge is 0.297 e. The number of hydrogen-bond donors (Lipinski definition) is 0. The maximum absolute atomic E-state index is 12.9. The lowest BCUT2D eigenvalue weighted by Crippen LogP contribution is -2.34. The molecule has 23 heavy (non-hydrogen) atoms. The molecule has 1 nitrogen and oxygen atoms in total. The standard InChI is InChI=1S/C16H15F6N/c1-23-13-2-3-14(23)7-10(6-13)9-4-11(15(17,18)19)8-12(5-9)16(20,21)22/h4-6,8,13-14H,2-3,7H2,1H3. The number of alkyl halides is 6. The molecule has 0 spiro atoms. The molecule has 2 atom stereocenters. The van der Waals surface area contributed by atoms with E-state index in [0.29, 0.717) is 12.0 Å². The maximum Gasteiger partial charge on any atom is 0.416 e. The molecular formula is C16H15F6N. The van der Waals surface area contributed by atoms with E-state index in [1.807, 2.05) is 7.05 Å². The zero-order valence-corrected chi connectivity index (χ0v) is 12.3. The molecule has 3 rings (SSSR count). The van der Waals surface area contributed by atoms with E-state index in [-0.39, 0.29) is 23.7 Å². The van der Waals surface area contributed by atoms with Crippen molar-refractivity contribution in [1.82, 2.24) is 4.90 Å². The fourth-order valence-corrected chi connectivity index (χ4v) is 3.40. The van der Waals surface area contributed by atoms with Crippen LogP contribution in [0.1, 0.15) is 36.0 Å². The lowest BCUT2D eigenvalue weighted by molar-refractivity contribution is -0.143. The first kappa shape index (κ1) is 16.4. The summed E-state index contributed by atoms with van der Waals surface area (Å²) in [6, 6.07) is 2.10.